The molecule has 1 amide bonds. The van der Waals surface area contributed by atoms with Crippen LogP contribution in [-0.2, 0) is 0 Å². The predicted octanol–water partition coefficient (Wildman–Crippen LogP) is 3.79. The Labute approximate surface area is 144 Å². The Kier molecular flexibility index (Phi) is 3.82. The molecule has 1 saturated heterocycles. The van der Waals surface area contributed by atoms with Crippen LogP contribution in [0.2, 0.25) is 5.02 Å². The van der Waals surface area contributed by atoms with Gasteiger partial charge in [0.2, 0.25) is 0 Å². The molecule has 24 heavy (non-hydrogen) atoms. The number of aromatic nitrogens is 1. The Hall–Kier alpha value is -2.59. The fraction of sp³-hybridized carbons (Fsp3) is 0.158. The van der Waals surface area contributed by atoms with Crippen molar-refractivity contribution in [2.24, 2.45) is 0 Å². The number of pyridine rings is 1. The Balaban J connectivity index is 1.47. The minimum atomic E-state index is -0.0260. The number of hydrogen-bond donors (Lipinski definition) is 0. The fourth-order valence-electron chi connectivity index (χ4n) is 2.85. The highest BCUT2D eigenvalue weighted by Gasteiger charge is 2.33. The first-order chi connectivity index (χ1) is 11.7. The summed E-state index contributed by atoms with van der Waals surface area (Å²) >= 11 is 6.10. The Morgan fingerprint density at radius 3 is 2.67 bits per heavy atom. The van der Waals surface area contributed by atoms with E-state index in [-0.39, 0.29) is 12.0 Å². The second-order valence-electron chi connectivity index (χ2n) is 5.76. The lowest BCUT2D eigenvalue weighted by Gasteiger charge is -2.39. The number of nitrogens with zero attached hydrogens (tertiary/aromatic N) is 2. The molecule has 0 spiro atoms. The topological polar surface area (TPSA) is 42.4 Å². The van der Waals surface area contributed by atoms with Gasteiger partial charge in [-0.2, -0.15) is 0 Å². The zero-order valence-corrected chi connectivity index (χ0v) is 13.6. The standard InChI is InChI=1S/C19H15ClN2O2/c20-16-6-2-4-8-18(16)24-13-11-22(12-13)19(23)15-9-10-21-17-7-3-1-5-14(15)17/h1-10,13H,11-12H2. The smallest absolute Gasteiger partial charge is 0.254 e. The lowest BCUT2D eigenvalue weighted by molar-refractivity contribution is 0.0180. The molecule has 4 nitrogen and oxygen atoms in total. The maximum atomic E-state index is 12.7. The van der Waals surface area contributed by atoms with Gasteiger partial charge in [0.05, 0.1) is 29.2 Å². The molecule has 3 aromatic rings. The van der Waals surface area contributed by atoms with Gasteiger partial charge in [-0.25, -0.2) is 0 Å². The summed E-state index contributed by atoms with van der Waals surface area (Å²) in [6.07, 6.45) is 1.65. The fourth-order valence-corrected chi connectivity index (χ4v) is 3.03. The van der Waals surface area contributed by atoms with Gasteiger partial charge in [-0.15, -0.1) is 0 Å². The third kappa shape index (κ3) is 2.69. The van der Waals surface area contributed by atoms with Gasteiger partial charge in [0, 0.05) is 11.6 Å². The third-order valence-corrected chi connectivity index (χ3v) is 4.46. The number of para-hydroxylation sites is 2. The van der Waals surface area contributed by atoms with Gasteiger partial charge in [0.15, 0.2) is 0 Å². The van der Waals surface area contributed by atoms with Crippen molar-refractivity contribution in [1.29, 1.82) is 0 Å². The van der Waals surface area contributed by atoms with Gasteiger partial charge in [-0.05, 0) is 24.3 Å². The number of carbonyl (C=O) groups excluding carboxylic acids is 1. The van der Waals surface area contributed by atoms with Crippen LogP contribution in [0.4, 0.5) is 0 Å². The van der Waals surface area contributed by atoms with Crippen molar-refractivity contribution >= 4 is 28.4 Å². The van der Waals surface area contributed by atoms with Crippen LogP contribution in [0.3, 0.4) is 0 Å². The van der Waals surface area contributed by atoms with Crippen LogP contribution >= 0.6 is 11.6 Å². The van der Waals surface area contributed by atoms with Crippen molar-refractivity contribution in [1.82, 2.24) is 9.88 Å². The molecule has 1 aliphatic heterocycles. The summed E-state index contributed by atoms with van der Waals surface area (Å²) in [4.78, 5) is 18.8. The van der Waals surface area contributed by atoms with E-state index >= 15 is 0 Å². The van der Waals surface area contributed by atoms with Crippen molar-refractivity contribution in [2.45, 2.75) is 6.10 Å². The maximum absolute atomic E-state index is 12.7. The highest BCUT2D eigenvalue weighted by Crippen LogP contribution is 2.27. The average Bonchev–Trinajstić information content (AvgIpc) is 2.58. The first-order valence-corrected chi connectivity index (χ1v) is 8.14. The summed E-state index contributed by atoms with van der Waals surface area (Å²) in [6, 6.07) is 16.8. The summed E-state index contributed by atoms with van der Waals surface area (Å²) in [5, 5.41) is 1.46. The second-order valence-corrected chi connectivity index (χ2v) is 6.16. The molecule has 1 fully saturated rings. The van der Waals surface area contributed by atoms with Crippen molar-refractivity contribution in [3.63, 3.8) is 0 Å². The molecule has 0 N–H and O–H groups in total. The highest BCUT2D eigenvalue weighted by atomic mass is 35.5. The number of ether oxygens (including phenoxy) is 1. The van der Waals surface area contributed by atoms with E-state index in [1.165, 1.54) is 0 Å². The van der Waals surface area contributed by atoms with Crippen LogP contribution in [-0.4, -0.2) is 35.0 Å². The Morgan fingerprint density at radius 2 is 1.83 bits per heavy atom. The minimum absolute atomic E-state index is 0.00705. The van der Waals surface area contributed by atoms with E-state index in [2.05, 4.69) is 4.98 Å². The Bertz CT molecular complexity index is 901. The van der Waals surface area contributed by atoms with Crippen LogP contribution in [0.15, 0.2) is 60.8 Å². The summed E-state index contributed by atoms with van der Waals surface area (Å²) in [7, 11) is 0. The average molecular weight is 339 g/mol. The molecule has 0 bridgehead atoms. The molecule has 4 rings (SSSR count). The van der Waals surface area contributed by atoms with Crippen LogP contribution in [0.5, 0.6) is 5.75 Å². The van der Waals surface area contributed by atoms with E-state index in [4.69, 9.17) is 16.3 Å². The van der Waals surface area contributed by atoms with Crippen molar-refractivity contribution in [3.05, 3.63) is 71.4 Å². The molecule has 0 aliphatic carbocycles. The number of hydrogen-bond acceptors (Lipinski definition) is 3. The molecular weight excluding hydrogens is 324 g/mol. The van der Waals surface area contributed by atoms with Gasteiger partial charge in [-0.3, -0.25) is 9.78 Å². The molecular formula is C19H15ClN2O2. The molecule has 2 heterocycles. The van der Waals surface area contributed by atoms with Crippen LogP contribution in [0, 0.1) is 0 Å². The number of amides is 1. The van der Waals surface area contributed by atoms with Gasteiger partial charge in [0.25, 0.3) is 5.91 Å². The highest BCUT2D eigenvalue weighted by molar-refractivity contribution is 6.32. The van der Waals surface area contributed by atoms with Gasteiger partial charge < -0.3 is 9.64 Å². The van der Waals surface area contributed by atoms with E-state index in [0.717, 1.165) is 10.9 Å². The monoisotopic (exact) mass is 338 g/mol. The largest absolute Gasteiger partial charge is 0.485 e. The van der Waals surface area contributed by atoms with E-state index in [9.17, 15) is 4.79 Å². The van der Waals surface area contributed by atoms with Crippen LogP contribution < -0.4 is 4.74 Å². The van der Waals surface area contributed by atoms with E-state index in [1.807, 2.05) is 42.5 Å². The Morgan fingerprint density at radius 1 is 1.08 bits per heavy atom. The predicted molar refractivity (Wildman–Crippen MR) is 93.5 cm³/mol. The maximum Gasteiger partial charge on any atom is 0.254 e. The van der Waals surface area contributed by atoms with Gasteiger partial charge >= 0.3 is 0 Å². The summed E-state index contributed by atoms with van der Waals surface area (Å²) in [5.41, 5.74) is 1.50. The first-order valence-electron chi connectivity index (χ1n) is 7.76. The quantitative estimate of drug-likeness (QED) is 0.729. The number of halogens is 1. The van der Waals surface area contributed by atoms with Crippen molar-refractivity contribution in [3.8, 4) is 5.75 Å². The lowest BCUT2D eigenvalue weighted by Crippen LogP contribution is -2.56. The van der Waals surface area contributed by atoms with Gasteiger partial charge in [-0.1, -0.05) is 41.9 Å². The third-order valence-electron chi connectivity index (χ3n) is 4.14. The van der Waals surface area contributed by atoms with E-state index < -0.39 is 0 Å². The molecule has 1 aromatic heterocycles. The molecule has 0 radical (unpaired) electrons. The van der Waals surface area contributed by atoms with E-state index in [0.29, 0.717) is 29.4 Å². The molecule has 0 atom stereocenters. The zero-order valence-electron chi connectivity index (χ0n) is 12.9. The molecule has 1 aliphatic rings. The first kappa shape index (κ1) is 15.0. The number of rotatable bonds is 3. The number of fused-ring (bicyclic) bond motifs is 1. The summed E-state index contributed by atoms with van der Waals surface area (Å²) < 4.78 is 5.85. The molecule has 120 valence electrons. The second kappa shape index (κ2) is 6.13. The van der Waals surface area contributed by atoms with Crippen molar-refractivity contribution in [2.75, 3.05) is 13.1 Å². The number of carbonyl (C=O) groups is 1. The van der Waals surface area contributed by atoms with Crippen molar-refractivity contribution < 1.29 is 9.53 Å². The molecule has 2 aromatic carbocycles. The van der Waals surface area contributed by atoms with Crippen LogP contribution in [0.25, 0.3) is 10.9 Å². The SMILES string of the molecule is O=C(c1ccnc2ccccc12)N1CC(Oc2ccccc2Cl)C1. The van der Waals surface area contributed by atoms with E-state index in [1.54, 1.807) is 23.2 Å². The summed E-state index contributed by atoms with van der Waals surface area (Å²) in [6.45, 7) is 1.11. The molecule has 0 unspecified atom stereocenters. The molecule has 5 heteroatoms. The van der Waals surface area contributed by atoms with Crippen LogP contribution in [0.1, 0.15) is 10.4 Å². The normalized spacial score (nSPS) is 14.5. The molecule has 0 saturated carbocycles. The lowest BCUT2D eigenvalue weighted by atomic mass is 10.0. The summed E-state index contributed by atoms with van der Waals surface area (Å²) in [5.74, 6) is 0.665. The van der Waals surface area contributed by atoms with Gasteiger partial charge in [0.1, 0.15) is 11.9 Å². The number of likely N-dealkylation sites (tertiary alicyclic amines) is 1. The number of benzene rings is 2. The zero-order chi connectivity index (χ0) is 16.5. The minimum Gasteiger partial charge on any atom is -0.485 e.